The quantitative estimate of drug-likeness (QED) is 0.664. The molecular formula is C12H13BrN4O3. The molecule has 8 heteroatoms. The minimum atomic E-state index is -0.397. The molecule has 7 nitrogen and oxygen atoms in total. The minimum Gasteiger partial charge on any atom is -0.384 e. The number of aryl methyl sites for hydroxylation is 2. The highest BCUT2D eigenvalue weighted by atomic mass is 79.9. The first-order chi connectivity index (χ1) is 9.47. The van der Waals surface area contributed by atoms with E-state index in [0.29, 0.717) is 34.7 Å². The molecular weight excluding hydrogens is 328 g/mol. The van der Waals surface area contributed by atoms with Gasteiger partial charge in [-0.1, -0.05) is 5.16 Å². The van der Waals surface area contributed by atoms with Crippen LogP contribution in [0.25, 0.3) is 0 Å². The maximum Gasteiger partial charge on any atom is 0.273 e. The van der Waals surface area contributed by atoms with E-state index in [1.54, 1.807) is 19.9 Å². The second-order valence-electron chi connectivity index (χ2n) is 4.28. The maximum atomic E-state index is 10.8. The van der Waals surface area contributed by atoms with Crippen LogP contribution < -0.4 is 5.32 Å². The highest BCUT2D eigenvalue weighted by molar-refractivity contribution is 9.10. The van der Waals surface area contributed by atoms with Gasteiger partial charge >= 0.3 is 0 Å². The number of nitrogens with one attached hydrogen (secondary N) is 1. The van der Waals surface area contributed by atoms with Gasteiger partial charge in [0.05, 0.1) is 4.92 Å². The van der Waals surface area contributed by atoms with Crippen LogP contribution in [-0.4, -0.2) is 21.6 Å². The van der Waals surface area contributed by atoms with E-state index < -0.39 is 4.92 Å². The molecule has 0 bridgehead atoms. The molecule has 1 aromatic heterocycles. The Balaban J connectivity index is 2.03. The SMILES string of the molecule is Cc1nc(CCNc2cc(C)c([N+](=O)[O-])cc2Br)no1. The molecule has 0 radical (unpaired) electrons. The Morgan fingerprint density at radius 2 is 2.20 bits per heavy atom. The zero-order chi connectivity index (χ0) is 14.7. The van der Waals surface area contributed by atoms with Crippen LogP contribution in [0.4, 0.5) is 11.4 Å². The smallest absolute Gasteiger partial charge is 0.273 e. The Bertz CT molecular complexity index is 642. The molecule has 1 aromatic carbocycles. The van der Waals surface area contributed by atoms with Crippen molar-refractivity contribution in [2.75, 3.05) is 11.9 Å². The lowest BCUT2D eigenvalue weighted by Gasteiger charge is -2.08. The molecule has 0 saturated heterocycles. The predicted octanol–water partition coefficient (Wildman–Crippen LogP) is 3.01. The first-order valence-electron chi connectivity index (χ1n) is 5.95. The van der Waals surface area contributed by atoms with E-state index in [0.717, 1.165) is 5.69 Å². The van der Waals surface area contributed by atoms with Gasteiger partial charge in [0.2, 0.25) is 5.89 Å². The van der Waals surface area contributed by atoms with Gasteiger partial charge < -0.3 is 9.84 Å². The zero-order valence-electron chi connectivity index (χ0n) is 11.0. The summed E-state index contributed by atoms with van der Waals surface area (Å²) in [5.74, 6) is 1.16. The van der Waals surface area contributed by atoms with Crippen molar-refractivity contribution in [2.24, 2.45) is 0 Å². The Morgan fingerprint density at radius 1 is 1.45 bits per heavy atom. The maximum absolute atomic E-state index is 10.8. The molecule has 0 fully saturated rings. The number of anilines is 1. The normalized spacial score (nSPS) is 10.6. The number of nitrogens with zero attached hydrogens (tertiary/aromatic N) is 3. The van der Waals surface area contributed by atoms with Crippen molar-refractivity contribution in [3.8, 4) is 0 Å². The zero-order valence-corrected chi connectivity index (χ0v) is 12.6. The topological polar surface area (TPSA) is 94.1 Å². The van der Waals surface area contributed by atoms with E-state index in [1.165, 1.54) is 6.07 Å². The van der Waals surface area contributed by atoms with Gasteiger partial charge in [-0.25, -0.2) is 0 Å². The number of nitro groups is 1. The molecule has 0 spiro atoms. The Hall–Kier alpha value is -1.96. The molecule has 0 saturated carbocycles. The van der Waals surface area contributed by atoms with Gasteiger partial charge in [-0.3, -0.25) is 10.1 Å². The van der Waals surface area contributed by atoms with Gasteiger partial charge in [0, 0.05) is 41.7 Å². The lowest BCUT2D eigenvalue weighted by Crippen LogP contribution is -2.07. The highest BCUT2D eigenvalue weighted by Crippen LogP contribution is 2.30. The summed E-state index contributed by atoms with van der Waals surface area (Å²) in [5.41, 5.74) is 1.50. The lowest BCUT2D eigenvalue weighted by atomic mass is 10.2. The van der Waals surface area contributed by atoms with Crippen molar-refractivity contribution in [1.29, 1.82) is 0 Å². The number of rotatable bonds is 5. The molecule has 2 aromatic rings. The standard InChI is InChI=1S/C12H13BrN4O3/c1-7-5-10(9(13)6-11(7)17(18)19)14-4-3-12-15-8(2)20-16-12/h5-6,14H,3-4H2,1-2H3. The summed E-state index contributed by atoms with van der Waals surface area (Å²) in [4.78, 5) is 14.5. The van der Waals surface area contributed by atoms with Crippen LogP contribution in [0.5, 0.6) is 0 Å². The molecule has 20 heavy (non-hydrogen) atoms. The fraction of sp³-hybridized carbons (Fsp3) is 0.333. The van der Waals surface area contributed by atoms with Gasteiger partial charge in [0.15, 0.2) is 5.82 Å². The molecule has 0 aliphatic rings. The summed E-state index contributed by atoms with van der Waals surface area (Å²) >= 11 is 3.32. The van der Waals surface area contributed by atoms with E-state index in [1.807, 2.05) is 0 Å². The monoisotopic (exact) mass is 340 g/mol. The molecule has 0 aliphatic carbocycles. The summed E-state index contributed by atoms with van der Waals surface area (Å²) in [5, 5.41) is 17.8. The Morgan fingerprint density at radius 3 is 2.80 bits per heavy atom. The number of aromatic nitrogens is 2. The number of nitro benzene ring substituents is 1. The van der Waals surface area contributed by atoms with Gasteiger partial charge in [-0.2, -0.15) is 4.98 Å². The van der Waals surface area contributed by atoms with Gasteiger partial charge in [0.1, 0.15) is 0 Å². The predicted molar refractivity (Wildman–Crippen MR) is 76.8 cm³/mol. The van der Waals surface area contributed by atoms with E-state index in [9.17, 15) is 10.1 Å². The van der Waals surface area contributed by atoms with Gasteiger partial charge in [-0.05, 0) is 28.9 Å². The van der Waals surface area contributed by atoms with Crippen LogP contribution in [-0.2, 0) is 6.42 Å². The molecule has 0 unspecified atom stereocenters. The fourth-order valence-corrected chi connectivity index (χ4v) is 2.23. The summed E-state index contributed by atoms with van der Waals surface area (Å²) in [6, 6.07) is 3.24. The first-order valence-corrected chi connectivity index (χ1v) is 6.74. The van der Waals surface area contributed by atoms with E-state index in [2.05, 4.69) is 31.4 Å². The lowest BCUT2D eigenvalue weighted by molar-refractivity contribution is -0.385. The largest absolute Gasteiger partial charge is 0.384 e. The van der Waals surface area contributed by atoms with E-state index in [4.69, 9.17) is 4.52 Å². The average molecular weight is 341 g/mol. The van der Waals surface area contributed by atoms with Crippen molar-refractivity contribution >= 4 is 27.3 Å². The van der Waals surface area contributed by atoms with E-state index in [-0.39, 0.29) is 5.69 Å². The molecule has 0 atom stereocenters. The summed E-state index contributed by atoms with van der Waals surface area (Å²) in [6.07, 6.45) is 0.611. The summed E-state index contributed by atoms with van der Waals surface area (Å²) in [6.45, 7) is 4.05. The van der Waals surface area contributed by atoms with Crippen molar-refractivity contribution in [2.45, 2.75) is 20.3 Å². The third-order valence-electron chi connectivity index (χ3n) is 2.72. The molecule has 0 aliphatic heterocycles. The van der Waals surface area contributed by atoms with Crippen LogP contribution in [0.2, 0.25) is 0 Å². The third kappa shape index (κ3) is 3.32. The van der Waals surface area contributed by atoms with Crippen molar-refractivity contribution in [3.05, 3.63) is 44.0 Å². The number of halogens is 1. The summed E-state index contributed by atoms with van der Waals surface area (Å²) in [7, 11) is 0. The van der Waals surface area contributed by atoms with Crippen LogP contribution in [0, 0.1) is 24.0 Å². The second kappa shape index (κ2) is 6.00. The van der Waals surface area contributed by atoms with E-state index >= 15 is 0 Å². The molecule has 0 amide bonds. The average Bonchev–Trinajstić information content (AvgIpc) is 2.78. The molecule has 106 valence electrons. The minimum absolute atomic E-state index is 0.0937. The van der Waals surface area contributed by atoms with Gasteiger partial charge in [-0.15, -0.1) is 0 Å². The Labute approximate surface area is 123 Å². The van der Waals surface area contributed by atoms with Gasteiger partial charge in [0.25, 0.3) is 5.69 Å². The molecule has 2 rings (SSSR count). The third-order valence-corrected chi connectivity index (χ3v) is 3.37. The van der Waals surface area contributed by atoms with Crippen molar-refractivity contribution in [1.82, 2.24) is 10.1 Å². The Kier molecular flexibility index (Phi) is 4.33. The van der Waals surface area contributed by atoms with Crippen molar-refractivity contribution < 1.29 is 9.45 Å². The fourth-order valence-electron chi connectivity index (χ4n) is 1.76. The number of hydrogen-bond acceptors (Lipinski definition) is 6. The second-order valence-corrected chi connectivity index (χ2v) is 5.14. The highest BCUT2D eigenvalue weighted by Gasteiger charge is 2.14. The van der Waals surface area contributed by atoms with Crippen LogP contribution in [0.1, 0.15) is 17.3 Å². The summed E-state index contributed by atoms with van der Waals surface area (Å²) < 4.78 is 5.53. The first kappa shape index (κ1) is 14.4. The van der Waals surface area contributed by atoms with Crippen LogP contribution in [0.15, 0.2) is 21.1 Å². The number of hydrogen-bond donors (Lipinski definition) is 1. The van der Waals surface area contributed by atoms with Crippen LogP contribution >= 0.6 is 15.9 Å². The van der Waals surface area contributed by atoms with Crippen molar-refractivity contribution in [3.63, 3.8) is 0 Å². The molecule has 1 heterocycles. The number of benzene rings is 1. The van der Waals surface area contributed by atoms with Crippen LogP contribution in [0.3, 0.4) is 0 Å². The molecule has 1 N–H and O–H groups in total.